The summed E-state index contributed by atoms with van der Waals surface area (Å²) in [6, 6.07) is 7.55. The number of likely N-dealkylation sites (tertiary alicyclic amines) is 1. The molecule has 0 bridgehead atoms. The number of rotatable bonds is 5. The predicted octanol–water partition coefficient (Wildman–Crippen LogP) is 3.74. The number of hydrogen-bond acceptors (Lipinski definition) is 2. The minimum atomic E-state index is 0.150. The number of carbonyl (C=O) groups is 1. The van der Waals surface area contributed by atoms with Crippen LogP contribution in [-0.4, -0.2) is 30.5 Å². The molecular formula is C17H25NO2. The van der Waals surface area contributed by atoms with Crippen LogP contribution in [0.3, 0.4) is 0 Å². The minimum absolute atomic E-state index is 0.150. The van der Waals surface area contributed by atoms with Gasteiger partial charge >= 0.3 is 0 Å². The monoisotopic (exact) mass is 275 g/mol. The van der Waals surface area contributed by atoms with Crippen molar-refractivity contribution in [1.29, 1.82) is 0 Å². The smallest absolute Gasteiger partial charge is 0.253 e. The van der Waals surface area contributed by atoms with Crippen molar-refractivity contribution in [1.82, 2.24) is 4.90 Å². The van der Waals surface area contributed by atoms with Crippen molar-refractivity contribution in [3.63, 3.8) is 0 Å². The van der Waals surface area contributed by atoms with Crippen LogP contribution in [0.2, 0.25) is 0 Å². The molecule has 1 fully saturated rings. The van der Waals surface area contributed by atoms with Gasteiger partial charge in [-0.15, -0.1) is 0 Å². The van der Waals surface area contributed by atoms with Gasteiger partial charge in [-0.2, -0.15) is 0 Å². The molecule has 1 aliphatic rings. The second-order valence-corrected chi connectivity index (χ2v) is 5.72. The molecule has 1 aromatic carbocycles. The molecule has 0 N–H and O–H groups in total. The number of benzene rings is 1. The van der Waals surface area contributed by atoms with Crippen LogP contribution in [0.25, 0.3) is 0 Å². The summed E-state index contributed by atoms with van der Waals surface area (Å²) in [6.07, 6.45) is 4.54. The van der Waals surface area contributed by atoms with Gasteiger partial charge in [0, 0.05) is 18.7 Å². The topological polar surface area (TPSA) is 29.5 Å². The van der Waals surface area contributed by atoms with Gasteiger partial charge in [0.05, 0.1) is 6.61 Å². The van der Waals surface area contributed by atoms with Gasteiger partial charge in [0.25, 0.3) is 5.91 Å². The maximum Gasteiger partial charge on any atom is 0.253 e. The second-order valence-electron chi connectivity index (χ2n) is 5.72. The van der Waals surface area contributed by atoms with Crippen LogP contribution in [-0.2, 0) is 0 Å². The SMILES string of the molecule is CCCCOc1ccc(C(=O)N2CCCC(C)C2)cc1. The summed E-state index contributed by atoms with van der Waals surface area (Å²) in [5.41, 5.74) is 0.766. The summed E-state index contributed by atoms with van der Waals surface area (Å²) in [6.45, 7) is 6.87. The van der Waals surface area contributed by atoms with Gasteiger partial charge in [0.15, 0.2) is 0 Å². The minimum Gasteiger partial charge on any atom is -0.494 e. The Kier molecular flexibility index (Phi) is 5.45. The lowest BCUT2D eigenvalue weighted by Gasteiger charge is -2.31. The van der Waals surface area contributed by atoms with Crippen molar-refractivity contribution in [3.8, 4) is 5.75 Å². The third-order valence-corrected chi connectivity index (χ3v) is 3.81. The molecule has 20 heavy (non-hydrogen) atoms. The Morgan fingerprint density at radius 1 is 1.35 bits per heavy atom. The summed E-state index contributed by atoms with van der Waals surface area (Å²) in [7, 11) is 0. The third kappa shape index (κ3) is 3.99. The zero-order valence-corrected chi connectivity index (χ0v) is 12.6. The normalized spacial score (nSPS) is 18.9. The van der Waals surface area contributed by atoms with Crippen molar-refractivity contribution in [2.24, 2.45) is 5.92 Å². The zero-order valence-electron chi connectivity index (χ0n) is 12.6. The van der Waals surface area contributed by atoms with E-state index in [1.165, 1.54) is 6.42 Å². The average Bonchev–Trinajstić information content (AvgIpc) is 2.47. The summed E-state index contributed by atoms with van der Waals surface area (Å²) in [5, 5.41) is 0. The number of amides is 1. The summed E-state index contributed by atoms with van der Waals surface area (Å²) in [4.78, 5) is 14.4. The van der Waals surface area contributed by atoms with Gasteiger partial charge < -0.3 is 9.64 Å². The Bertz CT molecular complexity index is 427. The summed E-state index contributed by atoms with van der Waals surface area (Å²) < 4.78 is 5.62. The quantitative estimate of drug-likeness (QED) is 0.766. The van der Waals surface area contributed by atoms with E-state index in [9.17, 15) is 4.79 Å². The van der Waals surface area contributed by atoms with E-state index in [0.717, 1.165) is 50.3 Å². The standard InChI is InChI=1S/C17H25NO2/c1-3-4-12-20-16-9-7-15(8-10-16)17(19)18-11-5-6-14(2)13-18/h7-10,14H,3-6,11-13H2,1-2H3. The molecule has 2 rings (SSSR count). The predicted molar refractivity (Wildman–Crippen MR) is 81.1 cm³/mol. The van der Waals surface area contributed by atoms with Gasteiger partial charge in [-0.1, -0.05) is 20.3 Å². The Labute approximate surface area is 121 Å². The lowest BCUT2D eigenvalue weighted by molar-refractivity contribution is 0.0683. The van der Waals surface area contributed by atoms with Crippen LogP contribution < -0.4 is 4.74 Å². The van der Waals surface area contributed by atoms with E-state index in [0.29, 0.717) is 5.92 Å². The lowest BCUT2D eigenvalue weighted by Crippen LogP contribution is -2.39. The molecule has 3 heteroatoms. The first-order valence-corrected chi connectivity index (χ1v) is 7.73. The Hall–Kier alpha value is -1.51. The molecule has 0 spiro atoms. The second kappa shape index (κ2) is 7.32. The fourth-order valence-electron chi connectivity index (χ4n) is 2.58. The van der Waals surface area contributed by atoms with Crippen molar-refractivity contribution in [3.05, 3.63) is 29.8 Å². The highest BCUT2D eigenvalue weighted by Gasteiger charge is 2.21. The third-order valence-electron chi connectivity index (χ3n) is 3.81. The number of hydrogen-bond donors (Lipinski definition) is 0. The van der Waals surface area contributed by atoms with Crippen LogP contribution >= 0.6 is 0 Å². The molecule has 1 heterocycles. The number of carbonyl (C=O) groups excluding carboxylic acids is 1. The molecule has 0 aliphatic carbocycles. The van der Waals surface area contributed by atoms with Crippen LogP contribution in [0.15, 0.2) is 24.3 Å². The largest absolute Gasteiger partial charge is 0.494 e. The Morgan fingerprint density at radius 3 is 2.75 bits per heavy atom. The number of ether oxygens (including phenoxy) is 1. The molecule has 0 saturated carbocycles. The van der Waals surface area contributed by atoms with E-state index in [1.807, 2.05) is 29.2 Å². The molecule has 0 radical (unpaired) electrons. The zero-order chi connectivity index (χ0) is 14.4. The van der Waals surface area contributed by atoms with Gasteiger partial charge in [-0.25, -0.2) is 0 Å². The highest BCUT2D eigenvalue weighted by atomic mass is 16.5. The summed E-state index contributed by atoms with van der Waals surface area (Å²) in [5.74, 6) is 1.61. The molecule has 1 amide bonds. The Balaban J connectivity index is 1.93. The number of unbranched alkanes of at least 4 members (excludes halogenated alkanes) is 1. The van der Waals surface area contributed by atoms with Crippen LogP contribution in [0, 0.1) is 5.92 Å². The lowest BCUT2D eigenvalue weighted by atomic mass is 9.99. The first kappa shape index (κ1) is 14.9. The van der Waals surface area contributed by atoms with Gasteiger partial charge in [0.1, 0.15) is 5.75 Å². The number of nitrogens with zero attached hydrogens (tertiary/aromatic N) is 1. The van der Waals surface area contributed by atoms with Crippen molar-refractivity contribution >= 4 is 5.91 Å². The van der Waals surface area contributed by atoms with Gasteiger partial charge in [-0.3, -0.25) is 4.79 Å². The van der Waals surface area contributed by atoms with Crippen LogP contribution in [0.5, 0.6) is 5.75 Å². The van der Waals surface area contributed by atoms with Gasteiger partial charge in [-0.05, 0) is 49.4 Å². The van der Waals surface area contributed by atoms with E-state index in [2.05, 4.69) is 13.8 Å². The van der Waals surface area contributed by atoms with Crippen molar-refractivity contribution in [2.45, 2.75) is 39.5 Å². The van der Waals surface area contributed by atoms with Crippen LogP contribution in [0.4, 0.5) is 0 Å². The Morgan fingerprint density at radius 2 is 2.10 bits per heavy atom. The molecule has 1 unspecified atom stereocenters. The molecule has 3 nitrogen and oxygen atoms in total. The molecule has 1 aromatic rings. The average molecular weight is 275 g/mol. The van der Waals surface area contributed by atoms with Crippen molar-refractivity contribution in [2.75, 3.05) is 19.7 Å². The van der Waals surface area contributed by atoms with Gasteiger partial charge in [0.2, 0.25) is 0 Å². The highest BCUT2D eigenvalue weighted by Crippen LogP contribution is 2.19. The molecular weight excluding hydrogens is 250 g/mol. The van der Waals surface area contributed by atoms with E-state index >= 15 is 0 Å². The maximum atomic E-state index is 12.4. The van der Waals surface area contributed by atoms with Crippen LogP contribution in [0.1, 0.15) is 49.9 Å². The molecule has 1 saturated heterocycles. The molecule has 1 aliphatic heterocycles. The molecule has 110 valence electrons. The van der Waals surface area contributed by atoms with E-state index in [4.69, 9.17) is 4.74 Å². The first-order chi connectivity index (χ1) is 9.70. The summed E-state index contributed by atoms with van der Waals surface area (Å²) >= 11 is 0. The van der Waals surface area contributed by atoms with Crippen molar-refractivity contribution < 1.29 is 9.53 Å². The number of piperidine rings is 1. The van der Waals surface area contributed by atoms with E-state index in [1.54, 1.807) is 0 Å². The molecule has 0 aromatic heterocycles. The van der Waals surface area contributed by atoms with E-state index in [-0.39, 0.29) is 5.91 Å². The highest BCUT2D eigenvalue weighted by molar-refractivity contribution is 5.94. The fraction of sp³-hybridized carbons (Fsp3) is 0.588. The maximum absolute atomic E-state index is 12.4. The fourth-order valence-corrected chi connectivity index (χ4v) is 2.58. The molecule has 1 atom stereocenters. The first-order valence-electron chi connectivity index (χ1n) is 7.73. The van der Waals surface area contributed by atoms with E-state index < -0.39 is 0 Å².